The second-order valence-corrected chi connectivity index (χ2v) is 5.01. The van der Waals surface area contributed by atoms with Crippen molar-refractivity contribution in [1.82, 2.24) is 0 Å². The SMILES string of the molecule is COc1c(C(=O)O)cc(Cl)c(-c2ccc(C(=O)O)cc2)c1[N+](=O)[O-]. The van der Waals surface area contributed by atoms with E-state index in [1.54, 1.807) is 0 Å². The average molecular weight is 352 g/mol. The highest BCUT2D eigenvalue weighted by atomic mass is 35.5. The summed E-state index contributed by atoms with van der Waals surface area (Å²) < 4.78 is 4.90. The maximum absolute atomic E-state index is 11.5. The van der Waals surface area contributed by atoms with E-state index in [1.807, 2.05) is 0 Å². The molecule has 0 aromatic heterocycles. The second-order valence-electron chi connectivity index (χ2n) is 4.61. The van der Waals surface area contributed by atoms with Gasteiger partial charge in [0.2, 0.25) is 5.75 Å². The zero-order chi connectivity index (χ0) is 18.0. The Hall–Kier alpha value is -3.13. The van der Waals surface area contributed by atoms with Crippen LogP contribution in [0.25, 0.3) is 11.1 Å². The molecule has 2 rings (SSSR count). The second kappa shape index (κ2) is 6.55. The number of benzene rings is 2. The van der Waals surface area contributed by atoms with Gasteiger partial charge in [0.25, 0.3) is 0 Å². The molecule has 0 heterocycles. The van der Waals surface area contributed by atoms with Crippen LogP contribution in [0.5, 0.6) is 5.75 Å². The zero-order valence-corrected chi connectivity index (χ0v) is 12.9. The summed E-state index contributed by atoms with van der Waals surface area (Å²) in [4.78, 5) is 32.8. The van der Waals surface area contributed by atoms with Crippen LogP contribution >= 0.6 is 11.6 Å². The van der Waals surface area contributed by atoms with Crippen LogP contribution in [-0.4, -0.2) is 34.2 Å². The number of hydrogen-bond donors (Lipinski definition) is 2. The number of aromatic carboxylic acids is 2. The molecule has 124 valence electrons. The lowest BCUT2D eigenvalue weighted by atomic mass is 9.99. The summed E-state index contributed by atoms with van der Waals surface area (Å²) in [5, 5.41) is 29.4. The van der Waals surface area contributed by atoms with Crippen LogP contribution < -0.4 is 4.74 Å². The van der Waals surface area contributed by atoms with Gasteiger partial charge in [0.1, 0.15) is 5.56 Å². The molecule has 24 heavy (non-hydrogen) atoms. The van der Waals surface area contributed by atoms with E-state index in [-0.39, 0.29) is 21.7 Å². The summed E-state index contributed by atoms with van der Waals surface area (Å²) in [6, 6.07) is 6.26. The number of carboxylic acids is 2. The Morgan fingerprint density at radius 3 is 2.17 bits per heavy atom. The first-order valence-electron chi connectivity index (χ1n) is 6.39. The minimum atomic E-state index is -1.43. The van der Waals surface area contributed by atoms with Crippen LogP contribution in [0.15, 0.2) is 30.3 Å². The van der Waals surface area contributed by atoms with E-state index in [0.29, 0.717) is 0 Å². The van der Waals surface area contributed by atoms with Gasteiger partial charge in [0.05, 0.1) is 28.2 Å². The molecule has 0 unspecified atom stereocenters. The largest absolute Gasteiger partial charge is 0.490 e. The van der Waals surface area contributed by atoms with Gasteiger partial charge in [-0.3, -0.25) is 10.1 Å². The number of halogens is 1. The molecule has 0 spiro atoms. The normalized spacial score (nSPS) is 10.2. The Morgan fingerprint density at radius 1 is 1.17 bits per heavy atom. The van der Waals surface area contributed by atoms with Crippen molar-refractivity contribution < 1.29 is 29.5 Å². The van der Waals surface area contributed by atoms with Crippen molar-refractivity contribution in [2.24, 2.45) is 0 Å². The first-order chi connectivity index (χ1) is 11.3. The van der Waals surface area contributed by atoms with Crippen molar-refractivity contribution in [2.45, 2.75) is 0 Å². The van der Waals surface area contributed by atoms with Gasteiger partial charge in [-0.1, -0.05) is 23.7 Å². The molecular formula is C15H10ClNO7. The van der Waals surface area contributed by atoms with Crippen LogP contribution in [0.3, 0.4) is 0 Å². The van der Waals surface area contributed by atoms with E-state index < -0.39 is 33.9 Å². The Kier molecular flexibility index (Phi) is 4.70. The topological polar surface area (TPSA) is 127 Å². The van der Waals surface area contributed by atoms with E-state index in [2.05, 4.69) is 0 Å². The predicted octanol–water partition coefficient (Wildman–Crippen LogP) is 3.32. The lowest BCUT2D eigenvalue weighted by molar-refractivity contribution is -0.385. The first-order valence-corrected chi connectivity index (χ1v) is 6.77. The van der Waals surface area contributed by atoms with Gasteiger partial charge in [-0.05, 0) is 23.8 Å². The van der Waals surface area contributed by atoms with E-state index >= 15 is 0 Å². The minimum absolute atomic E-state index is 0.00773. The van der Waals surface area contributed by atoms with Gasteiger partial charge in [-0.2, -0.15) is 0 Å². The highest BCUT2D eigenvalue weighted by Crippen LogP contribution is 2.44. The quantitative estimate of drug-likeness (QED) is 0.624. The molecule has 2 aromatic rings. The third-order valence-electron chi connectivity index (χ3n) is 3.24. The maximum Gasteiger partial charge on any atom is 0.339 e. The summed E-state index contributed by atoms with van der Waals surface area (Å²) in [6.45, 7) is 0. The molecule has 0 atom stereocenters. The molecule has 2 aromatic carbocycles. The molecule has 0 saturated heterocycles. The highest BCUT2D eigenvalue weighted by Gasteiger charge is 2.30. The fourth-order valence-electron chi connectivity index (χ4n) is 2.21. The molecule has 0 aliphatic heterocycles. The molecule has 0 aliphatic carbocycles. The van der Waals surface area contributed by atoms with Gasteiger partial charge < -0.3 is 14.9 Å². The van der Waals surface area contributed by atoms with Crippen molar-refractivity contribution in [3.8, 4) is 16.9 Å². The number of nitro groups is 1. The molecular weight excluding hydrogens is 342 g/mol. The number of carboxylic acid groups (broad SMARTS) is 2. The van der Waals surface area contributed by atoms with Crippen LogP contribution in [-0.2, 0) is 0 Å². The Labute approximate surface area is 140 Å². The highest BCUT2D eigenvalue weighted by molar-refractivity contribution is 6.34. The number of nitro benzene ring substituents is 1. The lowest BCUT2D eigenvalue weighted by Gasteiger charge is -2.12. The van der Waals surface area contributed by atoms with Crippen molar-refractivity contribution in [3.05, 3.63) is 56.6 Å². The minimum Gasteiger partial charge on any atom is -0.490 e. The predicted molar refractivity (Wildman–Crippen MR) is 84.0 cm³/mol. The molecule has 0 fully saturated rings. The summed E-state index contributed by atoms with van der Waals surface area (Å²) in [6.07, 6.45) is 0. The molecule has 8 nitrogen and oxygen atoms in total. The summed E-state index contributed by atoms with van der Waals surface area (Å²) in [7, 11) is 1.11. The summed E-state index contributed by atoms with van der Waals surface area (Å²) >= 11 is 6.05. The average Bonchev–Trinajstić information content (AvgIpc) is 2.53. The van der Waals surface area contributed by atoms with Crippen LogP contribution in [0.1, 0.15) is 20.7 Å². The Bertz CT molecular complexity index is 846. The van der Waals surface area contributed by atoms with E-state index in [9.17, 15) is 19.7 Å². The zero-order valence-electron chi connectivity index (χ0n) is 12.1. The molecule has 0 aliphatic rings. The summed E-state index contributed by atoms with van der Waals surface area (Å²) in [5.41, 5.74) is -0.857. The molecule has 0 amide bonds. The number of carbonyl (C=O) groups is 2. The molecule has 0 bridgehead atoms. The van der Waals surface area contributed by atoms with Crippen LogP contribution in [0.2, 0.25) is 5.02 Å². The third-order valence-corrected chi connectivity index (χ3v) is 3.54. The smallest absolute Gasteiger partial charge is 0.339 e. The third kappa shape index (κ3) is 2.99. The maximum atomic E-state index is 11.5. The fourth-order valence-corrected chi connectivity index (χ4v) is 2.52. The van der Waals surface area contributed by atoms with Crippen molar-refractivity contribution >= 4 is 29.2 Å². The van der Waals surface area contributed by atoms with E-state index in [4.69, 9.17) is 26.6 Å². The lowest BCUT2D eigenvalue weighted by Crippen LogP contribution is -2.06. The molecule has 0 radical (unpaired) electrons. The van der Waals surface area contributed by atoms with E-state index in [0.717, 1.165) is 13.2 Å². The van der Waals surface area contributed by atoms with Crippen LogP contribution in [0, 0.1) is 10.1 Å². The molecule has 9 heteroatoms. The number of nitrogens with zero attached hydrogens (tertiary/aromatic N) is 1. The first kappa shape index (κ1) is 17.2. The summed E-state index contributed by atoms with van der Waals surface area (Å²) in [5.74, 6) is -3.01. The van der Waals surface area contributed by atoms with Gasteiger partial charge in [-0.25, -0.2) is 9.59 Å². The van der Waals surface area contributed by atoms with E-state index in [1.165, 1.54) is 24.3 Å². The molecule has 2 N–H and O–H groups in total. The fraction of sp³-hybridized carbons (Fsp3) is 0.0667. The number of hydrogen-bond acceptors (Lipinski definition) is 5. The van der Waals surface area contributed by atoms with Gasteiger partial charge in [-0.15, -0.1) is 0 Å². The Balaban J connectivity index is 2.80. The number of rotatable bonds is 5. The van der Waals surface area contributed by atoms with Gasteiger partial charge >= 0.3 is 17.6 Å². The standard InChI is InChI=1S/C15H10ClNO7/c1-24-13-9(15(20)21)6-10(16)11(12(13)17(22)23)7-2-4-8(5-3-7)14(18)19/h2-6H,1H3,(H,18,19)(H,20,21). The monoisotopic (exact) mass is 351 g/mol. The van der Waals surface area contributed by atoms with Gasteiger partial charge in [0.15, 0.2) is 0 Å². The van der Waals surface area contributed by atoms with Crippen molar-refractivity contribution in [2.75, 3.05) is 7.11 Å². The van der Waals surface area contributed by atoms with Crippen molar-refractivity contribution in [1.29, 1.82) is 0 Å². The molecule has 0 saturated carbocycles. The Morgan fingerprint density at radius 2 is 1.75 bits per heavy atom. The van der Waals surface area contributed by atoms with Crippen molar-refractivity contribution in [3.63, 3.8) is 0 Å². The number of methoxy groups -OCH3 is 1. The van der Waals surface area contributed by atoms with Gasteiger partial charge in [0, 0.05) is 0 Å². The number of ether oxygens (including phenoxy) is 1. The van der Waals surface area contributed by atoms with Crippen LogP contribution in [0.4, 0.5) is 5.69 Å².